The highest BCUT2D eigenvalue weighted by Gasteiger charge is 2.11. The molecule has 0 aliphatic carbocycles. The fourth-order valence-corrected chi connectivity index (χ4v) is 2.66. The third kappa shape index (κ3) is 2.58. The van der Waals surface area contributed by atoms with E-state index >= 15 is 0 Å². The van der Waals surface area contributed by atoms with E-state index in [0.29, 0.717) is 19.4 Å². The van der Waals surface area contributed by atoms with Gasteiger partial charge in [-0.05, 0) is 37.5 Å². The largest absolute Gasteiger partial charge is 0.466 e. The molecule has 0 saturated carbocycles. The van der Waals surface area contributed by atoms with Crippen molar-refractivity contribution in [3.05, 3.63) is 33.9 Å². The fraction of sp³-hybridized carbons (Fsp3) is 0.357. The number of benzene rings is 1. The molecule has 0 saturated heterocycles. The van der Waals surface area contributed by atoms with Crippen LogP contribution in [-0.4, -0.2) is 17.6 Å². The molecule has 0 aliphatic rings. The van der Waals surface area contributed by atoms with Gasteiger partial charge in [0.2, 0.25) is 0 Å². The maximum atomic E-state index is 11.4. The first-order valence-corrected chi connectivity index (χ1v) is 6.83. The lowest BCUT2D eigenvalue weighted by Crippen LogP contribution is -2.04. The van der Waals surface area contributed by atoms with Gasteiger partial charge in [-0.1, -0.05) is 22.0 Å². The van der Waals surface area contributed by atoms with E-state index in [1.165, 1.54) is 10.9 Å². The number of fused-ring (bicyclic) bond motifs is 1. The van der Waals surface area contributed by atoms with E-state index in [4.69, 9.17) is 4.74 Å². The van der Waals surface area contributed by atoms with Crippen LogP contribution in [0.15, 0.2) is 22.8 Å². The van der Waals surface area contributed by atoms with Crippen LogP contribution in [0.1, 0.15) is 24.5 Å². The molecule has 3 nitrogen and oxygen atoms in total. The molecule has 1 aromatic heterocycles. The van der Waals surface area contributed by atoms with Crippen LogP contribution in [0, 0.1) is 6.92 Å². The number of hydrogen-bond acceptors (Lipinski definition) is 2. The van der Waals surface area contributed by atoms with Crippen LogP contribution in [0.4, 0.5) is 0 Å². The highest BCUT2D eigenvalue weighted by molar-refractivity contribution is 9.10. The maximum absolute atomic E-state index is 11.4. The van der Waals surface area contributed by atoms with Gasteiger partial charge in [-0.25, -0.2) is 0 Å². The topological polar surface area (TPSA) is 42.1 Å². The van der Waals surface area contributed by atoms with Gasteiger partial charge in [0.1, 0.15) is 0 Å². The summed E-state index contributed by atoms with van der Waals surface area (Å²) in [4.78, 5) is 14.7. The predicted molar refractivity (Wildman–Crippen MR) is 75.7 cm³/mol. The first-order chi connectivity index (χ1) is 8.63. The molecule has 1 aromatic carbocycles. The maximum Gasteiger partial charge on any atom is 0.306 e. The van der Waals surface area contributed by atoms with Crippen LogP contribution in [-0.2, 0) is 16.0 Å². The second-order valence-electron chi connectivity index (χ2n) is 4.23. The summed E-state index contributed by atoms with van der Waals surface area (Å²) in [5.74, 6) is -0.143. The normalized spacial score (nSPS) is 10.8. The molecule has 18 heavy (non-hydrogen) atoms. The number of H-pyrrole nitrogens is 1. The van der Waals surface area contributed by atoms with Crippen molar-refractivity contribution < 1.29 is 9.53 Å². The summed E-state index contributed by atoms with van der Waals surface area (Å²) >= 11 is 3.56. The number of aromatic nitrogens is 1. The highest BCUT2D eigenvalue weighted by atomic mass is 79.9. The van der Waals surface area contributed by atoms with Gasteiger partial charge < -0.3 is 9.72 Å². The van der Waals surface area contributed by atoms with E-state index in [2.05, 4.69) is 33.9 Å². The molecule has 2 aromatic rings. The second kappa shape index (κ2) is 5.57. The Morgan fingerprint density at radius 2 is 2.22 bits per heavy atom. The Hall–Kier alpha value is -1.29. The van der Waals surface area contributed by atoms with Crippen molar-refractivity contribution in [3.8, 4) is 0 Å². The van der Waals surface area contributed by atoms with E-state index in [-0.39, 0.29) is 5.97 Å². The minimum absolute atomic E-state index is 0.143. The first-order valence-electron chi connectivity index (χ1n) is 6.04. The Bertz CT molecular complexity index is 574. The number of halogens is 1. The zero-order valence-electron chi connectivity index (χ0n) is 10.5. The molecule has 0 spiro atoms. The summed E-state index contributed by atoms with van der Waals surface area (Å²) < 4.78 is 6.00. The van der Waals surface area contributed by atoms with Crippen LogP contribution in [0.25, 0.3) is 10.9 Å². The summed E-state index contributed by atoms with van der Waals surface area (Å²) in [7, 11) is 0. The Morgan fingerprint density at radius 3 is 2.94 bits per heavy atom. The van der Waals surface area contributed by atoms with E-state index in [1.807, 2.05) is 19.2 Å². The Balaban J connectivity index is 2.24. The monoisotopic (exact) mass is 309 g/mol. The minimum atomic E-state index is -0.143. The van der Waals surface area contributed by atoms with Crippen molar-refractivity contribution >= 4 is 32.8 Å². The molecular formula is C14H16BrNO2. The molecule has 0 amide bonds. The van der Waals surface area contributed by atoms with Gasteiger partial charge in [0.05, 0.1) is 6.61 Å². The van der Waals surface area contributed by atoms with Crippen LogP contribution >= 0.6 is 15.9 Å². The number of esters is 1. The predicted octanol–water partition coefficient (Wildman–Crippen LogP) is 3.73. The van der Waals surface area contributed by atoms with Crippen LogP contribution in [0.3, 0.4) is 0 Å². The molecule has 0 unspecified atom stereocenters. The molecule has 4 heteroatoms. The summed E-state index contributed by atoms with van der Waals surface area (Å²) in [6, 6.07) is 4.11. The fourth-order valence-electron chi connectivity index (χ4n) is 2.08. The zero-order chi connectivity index (χ0) is 13.1. The SMILES string of the molecule is CCOC(=O)CCc1c[nH]c2c(C)ccc(Br)c12. The van der Waals surface area contributed by atoms with Gasteiger partial charge in [0.15, 0.2) is 0 Å². The van der Waals surface area contributed by atoms with Crippen molar-refractivity contribution in [2.24, 2.45) is 0 Å². The molecular weight excluding hydrogens is 294 g/mol. The van der Waals surface area contributed by atoms with Crippen molar-refractivity contribution in [2.75, 3.05) is 6.61 Å². The highest BCUT2D eigenvalue weighted by Crippen LogP contribution is 2.30. The lowest BCUT2D eigenvalue weighted by molar-refractivity contribution is -0.143. The van der Waals surface area contributed by atoms with E-state index < -0.39 is 0 Å². The van der Waals surface area contributed by atoms with Crippen molar-refractivity contribution in [1.29, 1.82) is 0 Å². The molecule has 1 heterocycles. The van der Waals surface area contributed by atoms with Crippen molar-refractivity contribution in [2.45, 2.75) is 26.7 Å². The molecule has 2 rings (SSSR count). The van der Waals surface area contributed by atoms with E-state index in [9.17, 15) is 4.79 Å². The smallest absolute Gasteiger partial charge is 0.306 e. The number of ether oxygens (including phenoxy) is 1. The number of rotatable bonds is 4. The molecule has 0 aliphatic heterocycles. The third-order valence-corrected chi connectivity index (χ3v) is 3.64. The van der Waals surface area contributed by atoms with Crippen molar-refractivity contribution in [1.82, 2.24) is 4.98 Å². The van der Waals surface area contributed by atoms with E-state index in [0.717, 1.165) is 15.6 Å². The summed E-state index contributed by atoms with van der Waals surface area (Å²) in [5.41, 5.74) is 3.48. The number of carbonyl (C=O) groups is 1. The Labute approximate surface area is 115 Å². The Kier molecular flexibility index (Phi) is 4.07. The lowest BCUT2D eigenvalue weighted by Gasteiger charge is -2.03. The Morgan fingerprint density at radius 1 is 1.44 bits per heavy atom. The van der Waals surface area contributed by atoms with Crippen LogP contribution < -0.4 is 0 Å². The van der Waals surface area contributed by atoms with Gasteiger partial charge in [-0.3, -0.25) is 4.79 Å². The molecule has 1 N–H and O–H groups in total. The molecule has 0 bridgehead atoms. The number of aromatic amines is 1. The average molecular weight is 310 g/mol. The zero-order valence-corrected chi connectivity index (χ0v) is 12.1. The van der Waals surface area contributed by atoms with Gasteiger partial charge >= 0.3 is 5.97 Å². The molecule has 0 atom stereocenters. The molecule has 0 fully saturated rings. The van der Waals surface area contributed by atoms with Gasteiger partial charge in [-0.2, -0.15) is 0 Å². The van der Waals surface area contributed by atoms with Crippen LogP contribution in [0.5, 0.6) is 0 Å². The minimum Gasteiger partial charge on any atom is -0.466 e. The standard InChI is InChI=1S/C14H16BrNO2/c1-3-18-12(17)7-5-10-8-16-14-9(2)4-6-11(15)13(10)14/h4,6,8,16H,3,5,7H2,1-2H3. The summed E-state index contributed by atoms with van der Waals surface area (Å²) in [5, 5.41) is 1.17. The van der Waals surface area contributed by atoms with E-state index in [1.54, 1.807) is 0 Å². The average Bonchev–Trinajstić information content (AvgIpc) is 2.77. The summed E-state index contributed by atoms with van der Waals surface area (Å²) in [6.07, 6.45) is 3.09. The van der Waals surface area contributed by atoms with Gasteiger partial charge in [-0.15, -0.1) is 0 Å². The van der Waals surface area contributed by atoms with Crippen LogP contribution in [0.2, 0.25) is 0 Å². The number of nitrogens with one attached hydrogen (secondary N) is 1. The lowest BCUT2D eigenvalue weighted by atomic mass is 10.1. The second-order valence-corrected chi connectivity index (χ2v) is 5.09. The quantitative estimate of drug-likeness (QED) is 0.874. The number of carbonyl (C=O) groups excluding carboxylic acids is 1. The molecule has 96 valence electrons. The number of aryl methyl sites for hydroxylation is 2. The number of hydrogen-bond donors (Lipinski definition) is 1. The third-order valence-electron chi connectivity index (χ3n) is 2.98. The first kappa shape index (κ1) is 13.1. The molecule has 0 radical (unpaired) electrons. The van der Waals surface area contributed by atoms with Crippen molar-refractivity contribution in [3.63, 3.8) is 0 Å². The van der Waals surface area contributed by atoms with Gasteiger partial charge in [0.25, 0.3) is 0 Å². The summed E-state index contributed by atoms with van der Waals surface area (Å²) in [6.45, 7) is 4.33. The van der Waals surface area contributed by atoms with Gasteiger partial charge in [0, 0.05) is 28.0 Å².